The average Bonchev–Trinajstić information content (AvgIpc) is 3.25. The first kappa shape index (κ1) is 17.7. The Bertz CT molecular complexity index is 923. The molecular weight excluding hydrogens is 340 g/mol. The van der Waals surface area contributed by atoms with E-state index in [0.717, 1.165) is 48.5 Å². The van der Waals surface area contributed by atoms with Crippen molar-refractivity contribution in [3.8, 4) is 0 Å². The van der Waals surface area contributed by atoms with Crippen molar-refractivity contribution in [3.05, 3.63) is 47.7 Å². The largest absolute Gasteiger partial charge is 0.351 e. The van der Waals surface area contributed by atoms with E-state index >= 15 is 0 Å². The minimum atomic E-state index is 0.0617. The second-order valence-electron chi connectivity index (χ2n) is 7.63. The number of hydrogen-bond acceptors (Lipinski definition) is 4. The zero-order valence-corrected chi connectivity index (χ0v) is 16.1. The van der Waals surface area contributed by atoms with Crippen molar-refractivity contribution in [2.75, 3.05) is 27.2 Å². The maximum Gasteiger partial charge on any atom is 0.270 e. The molecule has 7 heteroatoms. The molecule has 0 radical (unpaired) electrons. The maximum absolute atomic E-state index is 13.0. The Morgan fingerprint density at radius 1 is 1.30 bits per heavy atom. The Morgan fingerprint density at radius 2 is 2.11 bits per heavy atom. The quantitative estimate of drug-likeness (QED) is 0.770. The summed E-state index contributed by atoms with van der Waals surface area (Å²) in [5, 5.41) is 9.85. The van der Waals surface area contributed by atoms with Gasteiger partial charge in [0, 0.05) is 37.0 Å². The summed E-state index contributed by atoms with van der Waals surface area (Å²) in [5.41, 5.74) is 1.65. The predicted octanol–water partition coefficient (Wildman–Crippen LogP) is 2.38. The number of aromatic nitrogens is 4. The van der Waals surface area contributed by atoms with Crippen LogP contribution in [0.5, 0.6) is 0 Å². The minimum Gasteiger partial charge on any atom is -0.351 e. The van der Waals surface area contributed by atoms with Crippen molar-refractivity contribution in [2.45, 2.75) is 25.3 Å². The normalized spacial score (nSPS) is 17.8. The number of piperidine rings is 1. The van der Waals surface area contributed by atoms with Crippen LogP contribution < -0.4 is 0 Å². The highest BCUT2D eigenvalue weighted by Crippen LogP contribution is 2.27. The Morgan fingerprint density at radius 3 is 2.89 bits per heavy atom. The van der Waals surface area contributed by atoms with E-state index in [4.69, 9.17) is 0 Å². The third-order valence-corrected chi connectivity index (χ3v) is 5.29. The van der Waals surface area contributed by atoms with Crippen LogP contribution >= 0.6 is 0 Å². The van der Waals surface area contributed by atoms with Gasteiger partial charge >= 0.3 is 0 Å². The lowest BCUT2D eigenvalue weighted by molar-refractivity contribution is 0.0698. The zero-order chi connectivity index (χ0) is 19.0. The van der Waals surface area contributed by atoms with Gasteiger partial charge in [0.1, 0.15) is 17.3 Å². The number of carbonyl (C=O) groups excluding carboxylic acids is 1. The molecule has 1 aromatic carbocycles. The predicted molar refractivity (Wildman–Crippen MR) is 105 cm³/mol. The van der Waals surface area contributed by atoms with Gasteiger partial charge in [0.2, 0.25) is 0 Å². The zero-order valence-electron chi connectivity index (χ0n) is 16.1. The van der Waals surface area contributed by atoms with E-state index < -0.39 is 0 Å². The summed E-state index contributed by atoms with van der Waals surface area (Å²) < 4.78 is 2.08. The molecule has 7 nitrogen and oxygen atoms in total. The van der Waals surface area contributed by atoms with Crippen molar-refractivity contribution < 1.29 is 4.79 Å². The van der Waals surface area contributed by atoms with Gasteiger partial charge in [0.05, 0.1) is 6.54 Å². The van der Waals surface area contributed by atoms with Crippen LogP contribution in [-0.2, 0) is 13.6 Å². The Kier molecular flexibility index (Phi) is 4.70. The van der Waals surface area contributed by atoms with Crippen molar-refractivity contribution >= 4 is 16.8 Å². The first-order valence-corrected chi connectivity index (χ1v) is 9.43. The summed E-state index contributed by atoms with van der Waals surface area (Å²) in [7, 11) is 6.07. The van der Waals surface area contributed by atoms with E-state index in [1.165, 1.54) is 0 Å². The maximum atomic E-state index is 13.0. The smallest absolute Gasteiger partial charge is 0.270 e. The molecule has 1 unspecified atom stereocenters. The summed E-state index contributed by atoms with van der Waals surface area (Å²) in [4.78, 5) is 20.3. The van der Waals surface area contributed by atoms with Crippen LogP contribution in [0.1, 0.15) is 40.9 Å². The summed E-state index contributed by atoms with van der Waals surface area (Å²) in [6.45, 7) is 2.23. The molecule has 1 aliphatic heterocycles. The molecule has 0 aliphatic carbocycles. The van der Waals surface area contributed by atoms with Crippen LogP contribution in [0.3, 0.4) is 0 Å². The molecule has 3 heterocycles. The first-order chi connectivity index (χ1) is 13.0. The average molecular weight is 366 g/mol. The number of carbonyl (C=O) groups is 1. The second-order valence-corrected chi connectivity index (χ2v) is 7.63. The highest BCUT2D eigenvalue weighted by molar-refractivity contribution is 5.98. The number of para-hydroxylation sites is 1. The number of amides is 1. The van der Waals surface area contributed by atoms with E-state index in [2.05, 4.69) is 24.6 Å². The van der Waals surface area contributed by atoms with Crippen LogP contribution in [0.4, 0.5) is 0 Å². The molecule has 0 spiro atoms. The molecule has 1 atom stereocenters. The standard InChI is InChI=1S/C20H26N6O/c1-24(2)13-18-22-23-19(25(18)3)15-8-6-10-26(12-15)20(27)17-11-14-7-4-5-9-16(14)21-17/h4-5,7,9,11,15,21H,6,8,10,12-13H2,1-3H3. The number of aromatic amines is 1. The van der Waals surface area contributed by atoms with Crippen LogP contribution in [0.15, 0.2) is 30.3 Å². The summed E-state index contributed by atoms with van der Waals surface area (Å²) in [5.74, 6) is 2.21. The van der Waals surface area contributed by atoms with E-state index in [1.54, 1.807) is 0 Å². The topological polar surface area (TPSA) is 70.1 Å². The van der Waals surface area contributed by atoms with E-state index in [1.807, 2.05) is 56.4 Å². The van der Waals surface area contributed by atoms with E-state index in [0.29, 0.717) is 12.2 Å². The fourth-order valence-electron chi connectivity index (χ4n) is 3.88. The van der Waals surface area contributed by atoms with Gasteiger partial charge in [-0.1, -0.05) is 18.2 Å². The number of fused-ring (bicyclic) bond motifs is 1. The van der Waals surface area contributed by atoms with Gasteiger partial charge in [0.25, 0.3) is 5.91 Å². The molecule has 2 aromatic heterocycles. The summed E-state index contributed by atoms with van der Waals surface area (Å²) in [6, 6.07) is 9.92. The summed E-state index contributed by atoms with van der Waals surface area (Å²) >= 11 is 0. The Labute approximate surface area is 159 Å². The van der Waals surface area contributed by atoms with Crippen molar-refractivity contribution in [1.82, 2.24) is 29.5 Å². The minimum absolute atomic E-state index is 0.0617. The van der Waals surface area contributed by atoms with Gasteiger partial charge in [-0.15, -0.1) is 10.2 Å². The van der Waals surface area contributed by atoms with Crippen LogP contribution in [0.25, 0.3) is 10.9 Å². The van der Waals surface area contributed by atoms with Crippen molar-refractivity contribution in [1.29, 1.82) is 0 Å². The molecule has 27 heavy (non-hydrogen) atoms. The Hall–Kier alpha value is -2.67. The lowest BCUT2D eigenvalue weighted by Crippen LogP contribution is -2.39. The Balaban J connectivity index is 1.52. The van der Waals surface area contributed by atoms with E-state index in [-0.39, 0.29) is 11.8 Å². The monoisotopic (exact) mass is 366 g/mol. The first-order valence-electron chi connectivity index (χ1n) is 9.43. The van der Waals surface area contributed by atoms with Crippen LogP contribution in [-0.4, -0.2) is 62.6 Å². The van der Waals surface area contributed by atoms with Gasteiger partial charge in [-0.25, -0.2) is 0 Å². The van der Waals surface area contributed by atoms with E-state index in [9.17, 15) is 4.79 Å². The molecule has 1 amide bonds. The number of H-pyrrole nitrogens is 1. The number of likely N-dealkylation sites (tertiary alicyclic amines) is 1. The van der Waals surface area contributed by atoms with Gasteiger partial charge in [-0.3, -0.25) is 4.79 Å². The lowest BCUT2D eigenvalue weighted by Gasteiger charge is -2.32. The molecule has 4 rings (SSSR count). The third-order valence-electron chi connectivity index (χ3n) is 5.29. The van der Waals surface area contributed by atoms with Gasteiger partial charge in [-0.05, 0) is 39.1 Å². The van der Waals surface area contributed by atoms with Crippen molar-refractivity contribution in [2.24, 2.45) is 7.05 Å². The number of nitrogens with zero attached hydrogens (tertiary/aromatic N) is 5. The van der Waals surface area contributed by atoms with Crippen LogP contribution in [0, 0.1) is 0 Å². The van der Waals surface area contributed by atoms with Crippen LogP contribution in [0.2, 0.25) is 0 Å². The number of rotatable bonds is 4. The molecule has 0 bridgehead atoms. The highest BCUT2D eigenvalue weighted by atomic mass is 16.2. The molecule has 1 saturated heterocycles. The summed E-state index contributed by atoms with van der Waals surface area (Å²) in [6.07, 6.45) is 2.01. The highest BCUT2D eigenvalue weighted by Gasteiger charge is 2.29. The number of nitrogens with one attached hydrogen (secondary N) is 1. The third kappa shape index (κ3) is 3.47. The molecule has 3 aromatic rings. The second kappa shape index (κ2) is 7.15. The van der Waals surface area contributed by atoms with Gasteiger partial charge in [0.15, 0.2) is 0 Å². The molecule has 1 aliphatic rings. The molecule has 1 N–H and O–H groups in total. The van der Waals surface area contributed by atoms with Gasteiger partial charge < -0.3 is 19.4 Å². The SMILES string of the molecule is CN(C)Cc1nnc(C2CCCN(C(=O)c3cc4ccccc4[nH]3)C2)n1C. The molecular formula is C20H26N6O. The van der Waals surface area contributed by atoms with Crippen molar-refractivity contribution in [3.63, 3.8) is 0 Å². The number of benzene rings is 1. The molecule has 0 saturated carbocycles. The molecule has 142 valence electrons. The fraction of sp³-hybridized carbons (Fsp3) is 0.450. The lowest BCUT2D eigenvalue weighted by atomic mass is 9.97. The fourth-order valence-corrected chi connectivity index (χ4v) is 3.88. The number of hydrogen-bond donors (Lipinski definition) is 1. The molecule has 1 fully saturated rings. The van der Waals surface area contributed by atoms with Gasteiger partial charge in [-0.2, -0.15) is 0 Å².